The van der Waals surface area contributed by atoms with E-state index in [1.165, 1.54) is 0 Å². The Morgan fingerprint density at radius 1 is 1.17 bits per heavy atom. The van der Waals surface area contributed by atoms with Gasteiger partial charge in [0.1, 0.15) is 0 Å². The average Bonchev–Trinajstić information content (AvgIpc) is 3.01. The molecule has 2 aromatic carbocycles. The zero-order chi connectivity index (χ0) is 16.2. The first kappa shape index (κ1) is 15.2. The summed E-state index contributed by atoms with van der Waals surface area (Å²) in [6.45, 7) is 4.00. The standard InChI is InChI=1S/C17H19N5O/c1-12(15-6-3-5-14(9-15)11-23)18-16-7-4-8-17(10-16)22-13(2)19-20-21-22/h3-10,12,18,23H,11H2,1-2H3. The SMILES string of the molecule is Cc1nnnn1-c1cccc(NC(C)c2cccc(CO)c2)c1. The first-order valence-corrected chi connectivity index (χ1v) is 7.49. The van der Waals surface area contributed by atoms with E-state index in [4.69, 9.17) is 0 Å². The lowest BCUT2D eigenvalue weighted by Gasteiger charge is -2.17. The van der Waals surface area contributed by atoms with Crippen molar-refractivity contribution in [1.29, 1.82) is 0 Å². The van der Waals surface area contributed by atoms with Crippen molar-refractivity contribution in [2.45, 2.75) is 26.5 Å². The van der Waals surface area contributed by atoms with E-state index in [2.05, 4.69) is 27.8 Å². The van der Waals surface area contributed by atoms with Gasteiger partial charge in [0.15, 0.2) is 5.82 Å². The molecule has 2 N–H and O–H groups in total. The monoisotopic (exact) mass is 309 g/mol. The fourth-order valence-corrected chi connectivity index (χ4v) is 2.49. The van der Waals surface area contributed by atoms with E-state index in [0.29, 0.717) is 0 Å². The fraction of sp³-hybridized carbons (Fsp3) is 0.235. The highest BCUT2D eigenvalue weighted by molar-refractivity contribution is 5.52. The second kappa shape index (κ2) is 6.58. The van der Waals surface area contributed by atoms with E-state index >= 15 is 0 Å². The predicted molar refractivity (Wildman–Crippen MR) is 88.3 cm³/mol. The first-order valence-electron chi connectivity index (χ1n) is 7.49. The van der Waals surface area contributed by atoms with Crippen LogP contribution in [0.2, 0.25) is 0 Å². The number of benzene rings is 2. The highest BCUT2D eigenvalue weighted by atomic mass is 16.3. The molecule has 0 amide bonds. The number of aliphatic hydroxyl groups is 1. The largest absolute Gasteiger partial charge is 0.392 e. The molecule has 6 nitrogen and oxygen atoms in total. The van der Waals surface area contributed by atoms with Crippen molar-refractivity contribution in [2.75, 3.05) is 5.32 Å². The normalized spacial score (nSPS) is 12.1. The first-order chi connectivity index (χ1) is 11.2. The molecule has 3 aromatic rings. The van der Waals surface area contributed by atoms with Gasteiger partial charge < -0.3 is 10.4 Å². The highest BCUT2D eigenvalue weighted by Gasteiger charge is 2.08. The van der Waals surface area contributed by atoms with Crippen molar-refractivity contribution in [3.05, 3.63) is 65.5 Å². The molecule has 0 fully saturated rings. The summed E-state index contributed by atoms with van der Waals surface area (Å²) in [5.41, 5.74) is 3.93. The molecule has 1 aromatic heterocycles. The number of hydrogen-bond donors (Lipinski definition) is 2. The summed E-state index contributed by atoms with van der Waals surface area (Å²) in [4.78, 5) is 0. The lowest BCUT2D eigenvalue weighted by molar-refractivity contribution is 0.281. The molecule has 0 bridgehead atoms. The summed E-state index contributed by atoms with van der Waals surface area (Å²) in [5, 5.41) is 24.3. The van der Waals surface area contributed by atoms with Crippen molar-refractivity contribution in [2.24, 2.45) is 0 Å². The number of aromatic nitrogens is 4. The molecular weight excluding hydrogens is 290 g/mol. The summed E-state index contributed by atoms with van der Waals surface area (Å²) >= 11 is 0. The molecule has 118 valence electrons. The van der Waals surface area contributed by atoms with Crippen LogP contribution < -0.4 is 5.32 Å². The summed E-state index contributed by atoms with van der Waals surface area (Å²) < 4.78 is 1.70. The van der Waals surface area contributed by atoms with Crippen LogP contribution in [-0.2, 0) is 6.61 Å². The van der Waals surface area contributed by atoms with Gasteiger partial charge in [0, 0.05) is 11.7 Å². The Bertz CT molecular complexity index is 799. The molecule has 0 aliphatic heterocycles. The van der Waals surface area contributed by atoms with Gasteiger partial charge >= 0.3 is 0 Å². The van der Waals surface area contributed by atoms with Crippen LogP contribution in [-0.4, -0.2) is 25.3 Å². The number of nitrogens with one attached hydrogen (secondary N) is 1. The summed E-state index contributed by atoms with van der Waals surface area (Å²) in [6, 6.07) is 16.0. The van der Waals surface area contributed by atoms with Crippen LogP contribution in [0.15, 0.2) is 48.5 Å². The molecule has 23 heavy (non-hydrogen) atoms. The van der Waals surface area contributed by atoms with Gasteiger partial charge in [-0.3, -0.25) is 0 Å². The highest BCUT2D eigenvalue weighted by Crippen LogP contribution is 2.22. The van der Waals surface area contributed by atoms with Crippen LogP contribution in [0.25, 0.3) is 5.69 Å². The van der Waals surface area contributed by atoms with E-state index in [0.717, 1.165) is 28.3 Å². The van der Waals surface area contributed by atoms with Gasteiger partial charge in [-0.05, 0) is 53.6 Å². The molecule has 0 aliphatic carbocycles. The van der Waals surface area contributed by atoms with Crippen LogP contribution >= 0.6 is 0 Å². The van der Waals surface area contributed by atoms with Gasteiger partial charge in [0.25, 0.3) is 0 Å². The Kier molecular flexibility index (Phi) is 4.34. The van der Waals surface area contributed by atoms with E-state index in [9.17, 15) is 5.11 Å². The topological polar surface area (TPSA) is 75.9 Å². The molecule has 6 heteroatoms. The molecule has 1 unspecified atom stereocenters. The van der Waals surface area contributed by atoms with E-state index < -0.39 is 0 Å². The molecule has 3 rings (SSSR count). The molecule has 0 saturated heterocycles. The maximum absolute atomic E-state index is 9.26. The van der Waals surface area contributed by atoms with Crippen molar-refractivity contribution in [3.63, 3.8) is 0 Å². The molecular formula is C17H19N5O. The number of rotatable bonds is 5. The van der Waals surface area contributed by atoms with Gasteiger partial charge in [0.2, 0.25) is 0 Å². The minimum Gasteiger partial charge on any atom is -0.392 e. The number of tetrazole rings is 1. The Morgan fingerprint density at radius 2 is 2.00 bits per heavy atom. The predicted octanol–water partition coefficient (Wildman–Crippen LogP) is 2.64. The summed E-state index contributed by atoms with van der Waals surface area (Å²) in [7, 11) is 0. The van der Waals surface area contributed by atoms with Gasteiger partial charge in [-0.1, -0.05) is 30.3 Å². The molecule has 0 spiro atoms. The fourth-order valence-electron chi connectivity index (χ4n) is 2.49. The number of aliphatic hydroxyl groups excluding tert-OH is 1. The Labute approximate surface area is 134 Å². The third-order valence-electron chi connectivity index (χ3n) is 3.73. The smallest absolute Gasteiger partial charge is 0.153 e. The van der Waals surface area contributed by atoms with Crippen LogP contribution in [0.4, 0.5) is 5.69 Å². The van der Waals surface area contributed by atoms with Crippen LogP contribution in [0, 0.1) is 6.92 Å². The lowest BCUT2D eigenvalue weighted by Crippen LogP contribution is -2.08. The van der Waals surface area contributed by atoms with Gasteiger partial charge in [-0.2, -0.15) is 4.68 Å². The van der Waals surface area contributed by atoms with Crippen LogP contribution in [0.5, 0.6) is 0 Å². The second-order valence-electron chi connectivity index (χ2n) is 5.46. The Morgan fingerprint density at radius 3 is 2.74 bits per heavy atom. The van der Waals surface area contributed by atoms with E-state index in [1.807, 2.05) is 55.5 Å². The quantitative estimate of drug-likeness (QED) is 0.758. The van der Waals surface area contributed by atoms with E-state index in [-0.39, 0.29) is 12.6 Å². The van der Waals surface area contributed by atoms with Crippen LogP contribution in [0.1, 0.15) is 29.9 Å². The van der Waals surface area contributed by atoms with Crippen molar-refractivity contribution in [1.82, 2.24) is 20.2 Å². The van der Waals surface area contributed by atoms with Crippen molar-refractivity contribution in [3.8, 4) is 5.69 Å². The number of aryl methyl sites for hydroxylation is 1. The van der Waals surface area contributed by atoms with Gasteiger partial charge in [0.05, 0.1) is 12.3 Å². The number of anilines is 1. The van der Waals surface area contributed by atoms with Gasteiger partial charge in [-0.25, -0.2) is 0 Å². The number of hydrogen-bond acceptors (Lipinski definition) is 5. The minimum atomic E-state index is 0.0502. The molecule has 0 radical (unpaired) electrons. The zero-order valence-electron chi connectivity index (χ0n) is 13.1. The van der Waals surface area contributed by atoms with E-state index in [1.54, 1.807) is 4.68 Å². The van der Waals surface area contributed by atoms with Crippen molar-refractivity contribution < 1.29 is 5.11 Å². The third kappa shape index (κ3) is 3.37. The third-order valence-corrected chi connectivity index (χ3v) is 3.73. The summed E-state index contributed by atoms with van der Waals surface area (Å²) in [6.07, 6.45) is 0. The van der Waals surface area contributed by atoms with Crippen molar-refractivity contribution >= 4 is 5.69 Å². The lowest BCUT2D eigenvalue weighted by atomic mass is 10.1. The maximum Gasteiger partial charge on any atom is 0.153 e. The Hall–Kier alpha value is -2.73. The molecule has 0 saturated carbocycles. The van der Waals surface area contributed by atoms with Gasteiger partial charge in [-0.15, -0.1) is 5.10 Å². The Balaban J connectivity index is 1.81. The van der Waals surface area contributed by atoms with Crippen LogP contribution in [0.3, 0.4) is 0 Å². The molecule has 0 aliphatic rings. The minimum absolute atomic E-state index is 0.0502. The molecule has 1 atom stereocenters. The summed E-state index contributed by atoms with van der Waals surface area (Å²) in [5.74, 6) is 0.742. The molecule has 1 heterocycles. The zero-order valence-corrected chi connectivity index (χ0v) is 13.1. The number of nitrogens with zero attached hydrogens (tertiary/aromatic N) is 4. The average molecular weight is 309 g/mol. The maximum atomic E-state index is 9.26. The second-order valence-corrected chi connectivity index (χ2v) is 5.46.